The molecule has 0 saturated carbocycles. The molecule has 9 nitrogen and oxygen atoms in total. The lowest BCUT2D eigenvalue weighted by atomic mass is 9.85. The van der Waals surface area contributed by atoms with E-state index < -0.39 is 43.5 Å². The lowest BCUT2D eigenvalue weighted by molar-refractivity contribution is -0.163. The number of carbonyl (C=O) groups excluding carboxylic acids is 2. The van der Waals surface area contributed by atoms with Crippen LogP contribution < -0.4 is 5.06 Å². The van der Waals surface area contributed by atoms with E-state index in [4.69, 9.17) is 9.57 Å². The van der Waals surface area contributed by atoms with Gasteiger partial charge in [-0.3, -0.25) is 9.63 Å². The van der Waals surface area contributed by atoms with Crippen LogP contribution in [0, 0.1) is 5.92 Å². The molecule has 0 bridgehead atoms. The van der Waals surface area contributed by atoms with Gasteiger partial charge in [-0.25, -0.2) is 14.6 Å². The molecule has 0 radical (unpaired) electrons. The summed E-state index contributed by atoms with van der Waals surface area (Å²) in [6.07, 6.45) is 1.01. The number of β-lactam (4-membered cyclic amide) rings is 1. The van der Waals surface area contributed by atoms with Gasteiger partial charge in [-0.15, -0.1) is 5.06 Å². The second-order valence-corrected chi connectivity index (χ2v) is 17.7. The Morgan fingerprint density at radius 2 is 1.66 bits per heavy atom. The Morgan fingerprint density at radius 1 is 1.09 bits per heavy atom. The number of ether oxygens (including phenoxy) is 1. The molecule has 0 spiro atoms. The van der Waals surface area contributed by atoms with Gasteiger partial charge < -0.3 is 14.4 Å². The van der Waals surface area contributed by atoms with Gasteiger partial charge in [0.1, 0.15) is 11.6 Å². The van der Waals surface area contributed by atoms with Crippen molar-refractivity contribution in [3.8, 4) is 0 Å². The number of rotatable bonds is 6. The molecule has 0 aromatic carbocycles. The minimum absolute atomic E-state index is 0.141. The first kappa shape index (κ1) is 28.8. The Hall–Kier alpha value is -2.46. The fraction of sp³-hybridized carbons (Fsp3) is 0.680. The first-order valence-corrected chi connectivity index (χ1v) is 14.8. The Balaban J connectivity index is 2.35. The molecule has 1 saturated heterocycles. The number of carboxylic acid groups (broad SMARTS) is 1. The van der Waals surface area contributed by atoms with Crippen LogP contribution in [0.3, 0.4) is 0 Å². The van der Waals surface area contributed by atoms with Gasteiger partial charge in [-0.2, -0.15) is 0 Å². The van der Waals surface area contributed by atoms with E-state index in [1.165, 1.54) is 6.20 Å². The third kappa shape index (κ3) is 6.61. The van der Waals surface area contributed by atoms with Gasteiger partial charge in [-0.1, -0.05) is 33.9 Å². The predicted octanol–water partition coefficient (Wildman–Crippen LogP) is 5.01. The summed E-state index contributed by atoms with van der Waals surface area (Å²) in [5.74, 6) is -1.63. The lowest BCUT2D eigenvalue weighted by Gasteiger charge is -2.56. The molecule has 2 amide bonds. The largest absolute Gasteiger partial charge is 0.480 e. The summed E-state index contributed by atoms with van der Waals surface area (Å²) < 4.78 is 7.11. The highest BCUT2D eigenvalue weighted by Crippen LogP contribution is 2.45. The summed E-state index contributed by atoms with van der Waals surface area (Å²) in [6.45, 7) is 20.9. The minimum Gasteiger partial charge on any atom is -0.480 e. The van der Waals surface area contributed by atoms with E-state index in [1.807, 2.05) is 33.9 Å². The number of anilines is 1. The highest BCUT2D eigenvalue weighted by atomic mass is 28.3. The summed E-state index contributed by atoms with van der Waals surface area (Å²) >= 11 is 0. The van der Waals surface area contributed by atoms with Crippen molar-refractivity contribution in [2.75, 3.05) is 5.06 Å². The molecule has 2 unspecified atom stereocenters. The molecule has 2 atom stereocenters. The fourth-order valence-electron chi connectivity index (χ4n) is 3.72. The number of aliphatic carboxylic acids is 1. The average Bonchev–Trinajstić information content (AvgIpc) is 2.64. The van der Waals surface area contributed by atoms with E-state index in [0.717, 1.165) is 5.06 Å². The number of pyridine rings is 1. The number of hydrogen-bond donors (Lipinski definition) is 1. The lowest BCUT2D eigenvalue weighted by Crippen LogP contribution is -2.75. The van der Waals surface area contributed by atoms with Gasteiger partial charge in [0.2, 0.25) is 5.91 Å². The van der Waals surface area contributed by atoms with Crippen molar-refractivity contribution >= 4 is 32.0 Å². The highest BCUT2D eigenvalue weighted by Gasteiger charge is 2.59. The van der Waals surface area contributed by atoms with Crippen molar-refractivity contribution in [1.29, 1.82) is 0 Å². The van der Waals surface area contributed by atoms with Crippen molar-refractivity contribution in [3.63, 3.8) is 0 Å². The quantitative estimate of drug-likeness (QED) is 0.327. The number of carbonyl (C=O) groups is 3. The maximum absolute atomic E-state index is 13.2. The molecule has 35 heavy (non-hydrogen) atoms. The van der Waals surface area contributed by atoms with Crippen molar-refractivity contribution in [2.24, 2.45) is 5.92 Å². The summed E-state index contributed by atoms with van der Waals surface area (Å²) in [5.41, 5.74) is -0.772. The van der Waals surface area contributed by atoms with Crippen molar-refractivity contribution in [1.82, 2.24) is 9.55 Å². The second-order valence-electron chi connectivity index (χ2n) is 12.6. The molecule has 1 aliphatic heterocycles. The molecule has 2 rings (SSSR count). The van der Waals surface area contributed by atoms with Gasteiger partial charge in [0.05, 0.1) is 11.5 Å². The third-order valence-corrected chi connectivity index (χ3v) is 11.7. The summed E-state index contributed by atoms with van der Waals surface area (Å²) in [6, 6.07) is 2.47. The Labute approximate surface area is 209 Å². The predicted molar refractivity (Wildman–Crippen MR) is 136 cm³/mol. The number of amides is 2. The number of aromatic nitrogens is 1. The molecular weight excluding hydrogens is 466 g/mol. The molecule has 1 N–H and O–H groups in total. The summed E-state index contributed by atoms with van der Waals surface area (Å²) in [5, 5.41) is 10.8. The normalized spacial score (nSPS) is 19.3. The smallest absolute Gasteiger partial charge is 0.440 e. The average molecular weight is 508 g/mol. The van der Waals surface area contributed by atoms with Crippen LogP contribution in [0.25, 0.3) is 0 Å². The van der Waals surface area contributed by atoms with Crippen LogP contribution in [0.15, 0.2) is 18.3 Å². The van der Waals surface area contributed by atoms with Crippen LogP contribution in [-0.2, 0) is 25.6 Å². The van der Waals surface area contributed by atoms with Crippen LogP contribution in [0.5, 0.6) is 0 Å². The monoisotopic (exact) mass is 507 g/mol. The minimum atomic E-state index is -2.36. The maximum Gasteiger partial charge on any atom is 0.440 e. The zero-order valence-electron chi connectivity index (χ0n) is 22.9. The van der Waals surface area contributed by atoms with Gasteiger partial charge in [0, 0.05) is 6.20 Å². The molecule has 10 heteroatoms. The van der Waals surface area contributed by atoms with Crippen LogP contribution >= 0.6 is 0 Å². The number of nitrogens with zero attached hydrogens (tertiary/aromatic N) is 3. The molecule has 1 aromatic heterocycles. The standard InChI is InChI=1S/C25H41N3O6Si/c1-23(2,3)33-22(32)27(34-24(4,5)6)18-15-16(12-13-26-18)14-17-19(21(30)31)28(20(17)29)35(10,11)25(7,8)9/h12-13,15,17,19H,14H2,1-11H3,(H,30,31). The van der Waals surface area contributed by atoms with Gasteiger partial charge in [-0.05, 0) is 70.7 Å². The molecule has 1 aromatic rings. The molecule has 1 fully saturated rings. The van der Waals surface area contributed by atoms with Gasteiger partial charge in [0.25, 0.3) is 0 Å². The number of carboxylic acids is 1. The van der Waals surface area contributed by atoms with E-state index in [-0.39, 0.29) is 23.2 Å². The van der Waals surface area contributed by atoms with E-state index in [0.29, 0.717) is 5.56 Å². The van der Waals surface area contributed by atoms with Crippen LogP contribution in [-0.4, -0.2) is 58.1 Å². The number of hydrogen-bond acceptors (Lipinski definition) is 6. The molecule has 2 heterocycles. The molecule has 196 valence electrons. The Kier molecular flexibility index (Phi) is 7.84. The van der Waals surface area contributed by atoms with Crippen molar-refractivity contribution in [2.45, 2.75) is 104 Å². The Morgan fingerprint density at radius 3 is 2.11 bits per heavy atom. The zero-order valence-corrected chi connectivity index (χ0v) is 23.9. The van der Waals surface area contributed by atoms with Crippen molar-refractivity contribution in [3.05, 3.63) is 23.9 Å². The van der Waals surface area contributed by atoms with E-state index in [2.05, 4.69) is 4.98 Å². The topological polar surface area (TPSA) is 109 Å². The summed E-state index contributed by atoms with van der Waals surface area (Å²) in [7, 11) is -2.36. The molecular formula is C25H41N3O6Si. The van der Waals surface area contributed by atoms with E-state index >= 15 is 0 Å². The highest BCUT2D eigenvalue weighted by molar-refractivity contribution is 6.80. The second kappa shape index (κ2) is 9.53. The molecule has 0 aliphatic carbocycles. The van der Waals surface area contributed by atoms with Crippen molar-refractivity contribution < 1.29 is 29.1 Å². The fourth-order valence-corrected chi connectivity index (χ4v) is 6.15. The SMILES string of the molecule is CC(C)(C)OC(=O)N(OC(C)(C)C)c1cc(CC2C(=O)N([Si](C)(C)C(C)(C)C)C2C(=O)O)ccn1. The third-order valence-electron chi connectivity index (χ3n) is 6.30. The van der Waals surface area contributed by atoms with Crippen LogP contribution in [0.4, 0.5) is 10.6 Å². The number of hydroxylamine groups is 1. The summed E-state index contributed by atoms with van der Waals surface area (Å²) in [4.78, 5) is 48.4. The van der Waals surface area contributed by atoms with Crippen LogP contribution in [0.1, 0.15) is 67.9 Å². The van der Waals surface area contributed by atoms with Crippen LogP contribution in [0.2, 0.25) is 18.1 Å². The molecule has 1 aliphatic rings. The van der Waals surface area contributed by atoms with E-state index in [9.17, 15) is 19.5 Å². The first-order chi connectivity index (χ1) is 15.7. The van der Waals surface area contributed by atoms with Gasteiger partial charge >= 0.3 is 12.1 Å². The zero-order chi connectivity index (χ0) is 27.1. The first-order valence-electron chi connectivity index (χ1n) is 11.9. The maximum atomic E-state index is 13.2. The Bertz CT molecular complexity index is 975. The van der Waals surface area contributed by atoms with Gasteiger partial charge in [0.15, 0.2) is 14.1 Å². The van der Waals surface area contributed by atoms with E-state index in [1.54, 1.807) is 58.2 Å².